The van der Waals surface area contributed by atoms with E-state index in [1.165, 1.54) is 6.20 Å². The van der Waals surface area contributed by atoms with Gasteiger partial charge in [-0.15, -0.1) is 0 Å². The van der Waals surface area contributed by atoms with E-state index < -0.39 is 11.9 Å². The highest BCUT2D eigenvalue weighted by molar-refractivity contribution is 9.10. The zero-order chi connectivity index (χ0) is 20.0. The van der Waals surface area contributed by atoms with Crippen molar-refractivity contribution in [2.75, 3.05) is 31.1 Å². The first-order chi connectivity index (χ1) is 12.7. The van der Waals surface area contributed by atoms with Crippen LogP contribution in [0.3, 0.4) is 0 Å². The Hall–Kier alpha value is -1.87. The normalized spacial score (nSPS) is 11.8. The Balaban J connectivity index is 2.18. The number of carbonyl (C=O) groups excluding carboxylic acids is 1. The monoisotopic (exact) mass is 446 g/mol. The van der Waals surface area contributed by atoms with E-state index in [2.05, 4.69) is 25.9 Å². The molecule has 1 amide bonds. The number of carbonyl (C=O) groups is 1. The Morgan fingerprint density at radius 2 is 1.89 bits per heavy atom. The van der Waals surface area contributed by atoms with Crippen LogP contribution in [0, 0.1) is 0 Å². The van der Waals surface area contributed by atoms with Gasteiger partial charge in [0, 0.05) is 29.4 Å². The Bertz CT molecular complexity index is 759. The van der Waals surface area contributed by atoms with Gasteiger partial charge in [0.2, 0.25) is 5.91 Å². The van der Waals surface area contributed by atoms with E-state index in [9.17, 15) is 18.0 Å². The third-order valence-corrected chi connectivity index (χ3v) is 4.68. The van der Waals surface area contributed by atoms with Crippen LogP contribution in [0.15, 0.2) is 41.0 Å². The minimum Gasteiger partial charge on any atom is -0.309 e. The van der Waals surface area contributed by atoms with Crippen molar-refractivity contribution in [3.63, 3.8) is 0 Å². The zero-order valence-corrected chi connectivity index (χ0v) is 16.8. The quantitative estimate of drug-likeness (QED) is 0.614. The largest absolute Gasteiger partial charge is 0.435 e. The van der Waals surface area contributed by atoms with Crippen molar-refractivity contribution in [1.29, 1.82) is 0 Å². The maximum Gasteiger partial charge on any atom is 0.435 e. The zero-order valence-electron chi connectivity index (χ0n) is 15.2. The summed E-state index contributed by atoms with van der Waals surface area (Å²) in [5.74, 6) is -0.322. The first kappa shape index (κ1) is 21.4. The maximum absolute atomic E-state index is 12.8. The van der Waals surface area contributed by atoms with Gasteiger partial charge >= 0.3 is 6.18 Å². The van der Waals surface area contributed by atoms with Crippen molar-refractivity contribution in [3.05, 3.63) is 46.7 Å². The Morgan fingerprint density at radius 1 is 1.19 bits per heavy atom. The van der Waals surface area contributed by atoms with Gasteiger partial charge in [-0.1, -0.05) is 35.8 Å². The summed E-state index contributed by atoms with van der Waals surface area (Å²) in [4.78, 5) is 16.6. The molecule has 0 bridgehead atoms. The summed E-state index contributed by atoms with van der Waals surface area (Å²) >= 11 is 3.39. The van der Waals surface area contributed by atoms with E-state index in [1.807, 2.05) is 32.0 Å². The van der Waals surface area contributed by atoms with Crippen LogP contribution < -0.4 is 4.90 Å². The predicted molar refractivity (Wildman–Crippen MR) is 102 cm³/mol. The van der Waals surface area contributed by atoms with Crippen molar-refractivity contribution in [2.24, 2.45) is 0 Å². The molecule has 148 valence electrons. The number of benzene rings is 1. The molecule has 1 heterocycles. The van der Waals surface area contributed by atoms with Crippen molar-refractivity contribution in [3.8, 4) is 0 Å². The predicted octanol–water partition coefficient (Wildman–Crippen LogP) is 4.04. The molecule has 5 nitrogen and oxygen atoms in total. The van der Waals surface area contributed by atoms with E-state index in [0.29, 0.717) is 18.8 Å². The van der Waals surface area contributed by atoms with Gasteiger partial charge in [0.1, 0.15) is 6.54 Å². The van der Waals surface area contributed by atoms with Crippen LogP contribution in [0.2, 0.25) is 0 Å². The van der Waals surface area contributed by atoms with Crippen LogP contribution in [0.4, 0.5) is 18.9 Å². The van der Waals surface area contributed by atoms with Crippen molar-refractivity contribution >= 4 is 27.5 Å². The highest BCUT2D eigenvalue weighted by Gasteiger charge is 2.33. The standard InChI is InChI=1S/C18H22BrF3N4O/c1-3-24(4-2)10-11-26(15-7-5-6-14(19)12-15)17(27)13-25-9-8-16(23-25)18(20,21)22/h5-9,12H,3-4,10-11,13H2,1-2H3. The van der Waals surface area contributed by atoms with Gasteiger partial charge in [-0.2, -0.15) is 18.3 Å². The maximum atomic E-state index is 12.8. The van der Waals surface area contributed by atoms with Crippen molar-refractivity contribution in [1.82, 2.24) is 14.7 Å². The lowest BCUT2D eigenvalue weighted by molar-refractivity contribution is -0.141. The molecule has 0 aliphatic rings. The second kappa shape index (κ2) is 9.36. The first-order valence-electron chi connectivity index (χ1n) is 8.63. The Kier molecular flexibility index (Phi) is 7.43. The lowest BCUT2D eigenvalue weighted by Gasteiger charge is -2.27. The van der Waals surface area contributed by atoms with E-state index in [0.717, 1.165) is 28.3 Å². The highest BCUT2D eigenvalue weighted by Crippen LogP contribution is 2.27. The second-order valence-corrected chi connectivity index (χ2v) is 6.86. The third-order valence-electron chi connectivity index (χ3n) is 4.18. The number of hydrogen-bond acceptors (Lipinski definition) is 3. The molecule has 0 fully saturated rings. The average Bonchev–Trinajstić information content (AvgIpc) is 3.07. The molecular weight excluding hydrogens is 425 g/mol. The number of alkyl halides is 3. The molecule has 0 unspecified atom stereocenters. The van der Waals surface area contributed by atoms with E-state index in [-0.39, 0.29) is 12.5 Å². The van der Waals surface area contributed by atoms with Gasteiger partial charge in [0.15, 0.2) is 5.69 Å². The summed E-state index contributed by atoms with van der Waals surface area (Å²) in [6, 6.07) is 8.14. The number of nitrogens with zero attached hydrogens (tertiary/aromatic N) is 4. The molecule has 0 atom stereocenters. The van der Waals surface area contributed by atoms with Gasteiger partial charge in [-0.05, 0) is 37.4 Å². The molecule has 0 radical (unpaired) electrons. The van der Waals surface area contributed by atoms with Crippen molar-refractivity contribution < 1.29 is 18.0 Å². The number of likely N-dealkylation sites (N-methyl/N-ethyl adjacent to an activating group) is 1. The SMILES string of the molecule is CCN(CC)CCN(C(=O)Cn1ccc(C(F)(F)F)n1)c1cccc(Br)c1. The smallest absolute Gasteiger partial charge is 0.309 e. The Labute approximate surface area is 164 Å². The summed E-state index contributed by atoms with van der Waals surface area (Å²) in [7, 11) is 0. The van der Waals surface area contributed by atoms with E-state index in [1.54, 1.807) is 11.0 Å². The molecule has 2 aromatic rings. The third kappa shape index (κ3) is 6.07. The highest BCUT2D eigenvalue weighted by atomic mass is 79.9. The molecule has 0 saturated heterocycles. The molecule has 0 aliphatic carbocycles. The molecule has 0 N–H and O–H groups in total. The van der Waals surface area contributed by atoms with Gasteiger partial charge in [0.25, 0.3) is 0 Å². The van der Waals surface area contributed by atoms with Gasteiger partial charge in [-0.25, -0.2) is 0 Å². The van der Waals surface area contributed by atoms with Gasteiger partial charge in [-0.3, -0.25) is 9.48 Å². The van der Waals surface area contributed by atoms with Crippen LogP contribution in [-0.2, 0) is 17.5 Å². The summed E-state index contributed by atoms with van der Waals surface area (Å²) in [5, 5.41) is 3.47. The van der Waals surface area contributed by atoms with E-state index in [4.69, 9.17) is 0 Å². The number of amides is 1. The summed E-state index contributed by atoms with van der Waals surface area (Å²) in [5.41, 5.74) is -0.322. The fourth-order valence-corrected chi connectivity index (χ4v) is 3.04. The minimum atomic E-state index is -4.53. The number of rotatable bonds is 8. The number of hydrogen-bond donors (Lipinski definition) is 0. The molecule has 0 aliphatic heterocycles. The molecule has 1 aromatic carbocycles. The van der Waals surface area contributed by atoms with Crippen LogP contribution in [0.25, 0.3) is 0 Å². The summed E-state index contributed by atoms with van der Waals surface area (Å²) in [6.45, 7) is 6.62. The lowest BCUT2D eigenvalue weighted by atomic mass is 10.2. The fourth-order valence-electron chi connectivity index (χ4n) is 2.65. The molecule has 9 heteroatoms. The molecular formula is C18H22BrF3N4O. The van der Waals surface area contributed by atoms with Gasteiger partial charge < -0.3 is 9.80 Å². The fraction of sp³-hybridized carbons (Fsp3) is 0.444. The lowest BCUT2D eigenvalue weighted by Crippen LogP contribution is -2.40. The van der Waals surface area contributed by atoms with Crippen LogP contribution in [-0.4, -0.2) is 46.8 Å². The number of anilines is 1. The first-order valence-corrected chi connectivity index (χ1v) is 9.42. The van der Waals surface area contributed by atoms with Crippen molar-refractivity contribution in [2.45, 2.75) is 26.6 Å². The molecule has 0 spiro atoms. The topological polar surface area (TPSA) is 41.4 Å². The average molecular weight is 447 g/mol. The number of aromatic nitrogens is 2. The molecule has 0 saturated carbocycles. The minimum absolute atomic E-state index is 0.263. The summed E-state index contributed by atoms with van der Waals surface area (Å²) in [6.07, 6.45) is -3.36. The second-order valence-electron chi connectivity index (χ2n) is 5.95. The van der Waals surface area contributed by atoms with Crippen LogP contribution >= 0.6 is 15.9 Å². The van der Waals surface area contributed by atoms with E-state index >= 15 is 0 Å². The van der Waals surface area contributed by atoms with Gasteiger partial charge in [0.05, 0.1) is 0 Å². The van der Waals surface area contributed by atoms with Crippen LogP contribution in [0.5, 0.6) is 0 Å². The molecule has 1 aromatic heterocycles. The number of halogens is 4. The van der Waals surface area contributed by atoms with Crippen LogP contribution in [0.1, 0.15) is 19.5 Å². The Morgan fingerprint density at radius 3 is 2.44 bits per heavy atom. The molecule has 2 rings (SSSR count). The summed E-state index contributed by atoms with van der Waals surface area (Å²) < 4.78 is 40.0. The molecule has 27 heavy (non-hydrogen) atoms.